The maximum Gasteiger partial charge on any atom is 0.373 e. The Labute approximate surface area is 203 Å². The first-order chi connectivity index (χ1) is 16.9. The number of ether oxygens (including phenoxy) is 1. The first-order valence-corrected chi connectivity index (χ1v) is 11.5. The summed E-state index contributed by atoms with van der Waals surface area (Å²) in [5.41, 5.74) is 2.17. The van der Waals surface area contributed by atoms with Crippen LogP contribution in [0.2, 0.25) is 0 Å². The predicted molar refractivity (Wildman–Crippen MR) is 129 cm³/mol. The smallest absolute Gasteiger partial charge is 0.373 e. The van der Waals surface area contributed by atoms with Crippen molar-refractivity contribution < 1.29 is 27.9 Å². The van der Waals surface area contributed by atoms with Gasteiger partial charge in [-0.1, -0.05) is 36.4 Å². The van der Waals surface area contributed by atoms with Crippen LogP contribution in [0.4, 0.5) is 9.18 Å². The topological polar surface area (TPSA) is 81.8 Å². The number of nitrogens with zero attached hydrogens (tertiary/aromatic N) is 2. The second kappa shape index (κ2) is 9.27. The molecular formula is C26H19FN2O5S. The minimum Gasteiger partial charge on any atom is -0.463 e. The molecule has 1 aliphatic heterocycles. The van der Waals surface area contributed by atoms with Gasteiger partial charge in [-0.25, -0.2) is 9.18 Å². The molecule has 0 spiro atoms. The third kappa shape index (κ3) is 4.38. The number of amides is 2. The van der Waals surface area contributed by atoms with E-state index in [1.54, 1.807) is 24.3 Å². The molecule has 0 bridgehead atoms. The molecule has 0 saturated carbocycles. The van der Waals surface area contributed by atoms with E-state index in [0.29, 0.717) is 12.1 Å². The van der Waals surface area contributed by atoms with Crippen LogP contribution in [0.25, 0.3) is 17.0 Å². The highest BCUT2D eigenvalue weighted by atomic mass is 32.2. The number of hydrogen-bond acceptors (Lipinski definition) is 6. The fourth-order valence-corrected chi connectivity index (χ4v) is 4.77. The maximum atomic E-state index is 14.2. The zero-order chi connectivity index (χ0) is 24.5. The van der Waals surface area contributed by atoms with Crippen LogP contribution >= 0.6 is 11.8 Å². The summed E-state index contributed by atoms with van der Waals surface area (Å²) in [6.45, 7) is 0.220. The predicted octanol–water partition coefficient (Wildman–Crippen LogP) is 5.44. The second-order valence-corrected chi connectivity index (χ2v) is 8.84. The molecule has 176 valence electrons. The number of aromatic nitrogens is 1. The number of furan rings is 1. The van der Waals surface area contributed by atoms with E-state index in [9.17, 15) is 18.8 Å². The molecule has 2 aromatic heterocycles. The third-order valence-electron chi connectivity index (χ3n) is 5.64. The van der Waals surface area contributed by atoms with Crippen molar-refractivity contribution in [3.63, 3.8) is 0 Å². The summed E-state index contributed by atoms with van der Waals surface area (Å²) >= 11 is 0.834. The lowest BCUT2D eigenvalue weighted by molar-refractivity contribution is -0.123. The summed E-state index contributed by atoms with van der Waals surface area (Å²) in [6.07, 6.45) is 3.52. The molecule has 0 N–H and O–H groups in total. The molecule has 3 heterocycles. The zero-order valence-electron chi connectivity index (χ0n) is 18.6. The summed E-state index contributed by atoms with van der Waals surface area (Å²) in [5.74, 6) is -1.11. The van der Waals surface area contributed by atoms with Crippen molar-refractivity contribution in [2.45, 2.75) is 13.1 Å². The zero-order valence-corrected chi connectivity index (χ0v) is 19.4. The lowest BCUT2D eigenvalue weighted by Crippen LogP contribution is -2.27. The van der Waals surface area contributed by atoms with Crippen LogP contribution < -0.4 is 0 Å². The molecular weight excluding hydrogens is 471 g/mol. The Morgan fingerprint density at radius 1 is 1.06 bits per heavy atom. The molecule has 0 unspecified atom stereocenters. The molecule has 4 aromatic rings. The number of carbonyl (C=O) groups excluding carboxylic acids is 3. The molecule has 9 heteroatoms. The first kappa shape index (κ1) is 22.7. The van der Waals surface area contributed by atoms with Crippen LogP contribution in [0.1, 0.15) is 27.4 Å². The molecule has 2 amide bonds. The number of fused-ring (bicyclic) bond motifs is 1. The second-order valence-electron chi connectivity index (χ2n) is 7.85. The van der Waals surface area contributed by atoms with E-state index in [0.717, 1.165) is 33.1 Å². The van der Waals surface area contributed by atoms with Crippen molar-refractivity contribution in [3.05, 3.63) is 100 Å². The minimum absolute atomic E-state index is 0.00678. The fourth-order valence-electron chi connectivity index (χ4n) is 3.94. The van der Waals surface area contributed by atoms with Crippen molar-refractivity contribution in [3.8, 4) is 0 Å². The van der Waals surface area contributed by atoms with Gasteiger partial charge in [0.1, 0.15) is 11.6 Å². The number of thioether (sulfide) groups is 1. The highest BCUT2D eigenvalue weighted by molar-refractivity contribution is 8.18. The summed E-state index contributed by atoms with van der Waals surface area (Å²) in [5, 5.41) is 0.441. The molecule has 1 aliphatic rings. The van der Waals surface area contributed by atoms with Gasteiger partial charge in [0, 0.05) is 28.2 Å². The fraction of sp³-hybridized carbons (Fsp3) is 0.115. The molecule has 7 nitrogen and oxygen atoms in total. The van der Waals surface area contributed by atoms with Gasteiger partial charge in [0.15, 0.2) is 0 Å². The Kier molecular flexibility index (Phi) is 6.00. The first-order valence-electron chi connectivity index (χ1n) is 10.7. The van der Waals surface area contributed by atoms with Gasteiger partial charge in [-0.05, 0) is 42.1 Å². The molecule has 0 radical (unpaired) electrons. The van der Waals surface area contributed by atoms with Crippen LogP contribution in [0.5, 0.6) is 0 Å². The van der Waals surface area contributed by atoms with Crippen molar-refractivity contribution in [1.29, 1.82) is 0 Å². The van der Waals surface area contributed by atoms with E-state index >= 15 is 0 Å². The number of halogens is 1. The Hall–Kier alpha value is -4.11. The Morgan fingerprint density at radius 3 is 2.63 bits per heavy atom. The number of esters is 1. The molecule has 1 fully saturated rings. The number of para-hydroxylation sites is 1. The summed E-state index contributed by atoms with van der Waals surface area (Å²) in [4.78, 5) is 38.5. The number of methoxy groups -OCH3 is 1. The van der Waals surface area contributed by atoms with Crippen LogP contribution in [-0.2, 0) is 22.6 Å². The summed E-state index contributed by atoms with van der Waals surface area (Å²) in [6, 6.07) is 17.2. The van der Waals surface area contributed by atoms with Gasteiger partial charge in [0.25, 0.3) is 11.1 Å². The van der Waals surface area contributed by atoms with Gasteiger partial charge < -0.3 is 13.7 Å². The molecule has 1 saturated heterocycles. The van der Waals surface area contributed by atoms with E-state index in [2.05, 4.69) is 4.74 Å². The molecule has 0 atom stereocenters. The van der Waals surface area contributed by atoms with Gasteiger partial charge in [0.2, 0.25) is 5.76 Å². The Balaban J connectivity index is 1.43. The van der Waals surface area contributed by atoms with Gasteiger partial charge in [0.05, 0.1) is 25.1 Å². The molecule has 0 aliphatic carbocycles. The van der Waals surface area contributed by atoms with E-state index in [1.807, 2.05) is 35.0 Å². The normalized spacial score (nSPS) is 14.9. The quantitative estimate of drug-likeness (QED) is 0.264. The number of rotatable bonds is 6. The number of imide groups is 1. The van der Waals surface area contributed by atoms with Crippen molar-refractivity contribution >= 4 is 45.9 Å². The standard InChI is InChI=1S/C26H19FN2O5S/c1-33-25(31)22-11-10-18(34-22)15-29-24(30)23(35-26(29)32)12-17-14-28(21-9-5-3-7-19(17)21)13-16-6-2-4-8-20(16)27/h2-12,14H,13,15H2,1H3/b23-12+. The SMILES string of the molecule is COC(=O)c1ccc(CN2C(=O)S/C(=C/c3cn(Cc4ccccc4F)c4ccccc34)C2=O)o1. The van der Waals surface area contributed by atoms with Gasteiger partial charge in [-0.15, -0.1) is 0 Å². The molecule has 35 heavy (non-hydrogen) atoms. The van der Waals surface area contributed by atoms with Crippen LogP contribution in [0.3, 0.4) is 0 Å². The highest BCUT2D eigenvalue weighted by Crippen LogP contribution is 2.35. The average Bonchev–Trinajstić information content (AvgIpc) is 3.54. The van der Waals surface area contributed by atoms with Gasteiger partial charge in [-0.3, -0.25) is 14.5 Å². The largest absolute Gasteiger partial charge is 0.463 e. The van der Waals surface area contributed by atoms with E-state index < -0.39 is 17.1 Å². The van der Waals surface area contributed by atoms with Gasteiger partial charge in [-0.2, -0.15) is 0 Å². The maximum absolute atomic E-state index is 14.2. The van der Waals surface area contributed by atoms with E-state index in [1.165, 1.54) is 25.3 Å². The van der Waals surface area contributed by atoms with Crippen LogP contribution in [0.15, 0.2) is 76.2 Å². The Morgan fingerprint density at radius 2 is 1.83 bits per heavy atom. The van der Waals surface area contributed by atoms with E-state index in [-0.39, 0.29) is 28.8 Å². The highest BCUT2D eigenvalue weighted by Gasteiger charge is 2.36. The third-order valence-corrected chi connectivity index (χ3v) is 6.55. The summed E-state index contributed by atoms with van der Waals surface area (Å²) < 4.78 is 26.2. The lowest BCUT2D eigenvalue weighted by atomic mass is 10.1. The van der Waals surface area contributed by atoms with Crippen molar-refractivity contribution in [2.75, 3.05) is 7.11 Å². The summed E-state index contributed by atoms with van der Waals surface area (Å²) in [7, 11) is 1.24. The van der Waals surface area contributed by atoms with Crippen LogP contribution in [-0.4, -0.2) is 33.7 Å². The van der Waals surface area contributed by atoms with Crippen molar-refractivity contribution in [1.82, 2.24) is 9.47 Å². The number of benzene rings is 2. The molecule has 5 rings (SSSR count). The number of hydrogen-bond donors (Lipinski definition) is 0. The monoisotopic (exact) mass is 490 g/mol. The van der Waals surface area contributed by atoms with Gasteiger partial charge >= 0.3 is 5.97 Å². The minimum atomic E-state index is -0.642. The average molecular weight is 491 g/mol. The van der Waals surface area contributed by atoms with Crippen LogP contribution in [0, 0.1) is 5.82 Å². The number of carbonyl (C=O) groups is 3. The Bertz CT molecular complexity index is 1500. The lowest BCUT2D eigenvalue weighted by Gasteiger charge is -2.09. The van der Waals surface area contributed by atoms with Crippen molar-refractivity contribution in [2.24, 2.45) is 0 Å². The van der Waals surface area contributed by atoms with E-state index in [4.69, 9.17) is 4.42 Å². The molecule has 2 aromatic carbocycles.